The Morgan fingerprint density at radius 1 is 1.03 bits per heavy atom. The van der Waals surface area contributed by atoms with Crippen molar-refractivity contribution >= 4 is 5.97 Å². The van der Waals surface area contributed by atoms with Crippen molar-refractivity contribution in [2.24, 2.45) is 38.9 Å². The maximum Gasteiger partial charge on any atom is 0.305 e. The van der Waals surface area contributed by atoms with Gasteiger partial charge in [-0.05, 0) is 73.5 Å². The summed E-state index contributed by atoms with van der Waals surface area (Å²) >= 11 is 0. The lowest BCUT2D eigenvalue weighted by molar-refractivity contribution is -0.160. The van der Waals surface area contributed by atoms with E-state index in [0.717, 1.165) is 19.3 Å². The van der Waals surface area contributed by atoms with Gasteiger partial charge in [-0.3, -0.25) is 4.79 Å². The second-order valence-electron chi connectivity index (χ2n) is 14.2. The molecule has 0 aromatic rings. The molecule has 0 N–H and O–H groups in total. The van der Waals surface area contributed by atoms with E-state index in [2.05, 4.69) is 48.5 Å². The number of carbonyl (C=O) groups excluding carboxylic acids is 1. The van der Waals surface area contributed by atoms with Crippen molar-refractivity contribution in [3.05, 3.63) is 0 Å². The van der Waals surface area contributed by atoms with Gasteiger partial charge in [0.2, 0.25) is 0 Å². The summed E-state index contributed by atoms with van der Waals surface area (Å²) in [5.74, 6) is 0.732. The Balaban J connectivity index is 1.39. The fourth-order valence-electron chi connectivity index (χ4n) is 11.2. The second kappa shape index (κ2) is 6.42. The van der Waals surface area contributed by atoms with Crippen LogP contribution in [0.1, 0.15) is 93.4 Å². The van der Waals surface area contributed by atoms with Crippen LogP contribution in [0.25, 0.3) is 0 Å². The number of ether oxygens (including phenoxy) is 4. The van der Waals surface area contributed by atoms with Gasteiger partial charge in [0.1, 0.15) is 11.2 Å². The van der Waals surface area contributed by atoms with Gasteiger partial charge in [0.05, 0.1) is 25.4 Å². The van der Waals surface area contributed by atoms with E-state index in [1.807, 2.05) is 7.11 Å². The van der Waals surface area contributed by atoms with Crippen LogP contribution in [0.2, 0.25) is 0 Å². The van der Waals surface area contributed by atoms with Crippen molar-refractivity contribution in [3.63, 3.8) is 0 Å². The lowest BCUT2D eigenvalue weighted by Crippen LogP contribution is -2.63. The zero-order valence-electron chi connectivity index (χ0n) is 22.9. The lowest BCUT2D eigenvalue weighted by Gasteiger charge is -2.58. The minimum atomic E-state index is -0.206. The highest BCUT2D eigenvalue weighted by atomic mass is 16.7. The molecule has 4 unspecified atom stereocenters. The van der Waals surface area contributed by atoms with Gasteiger partial charge in [-0.15, -0.1) is 0 Å². The molecule has 34 heavy (non-hydrogen) atoms. The summed E-state index contributed by atoms with van der Waals surface area (Å²) in [4.78, 5) is 12.2. The molecule has 0 aromatic heterocycles. The smallest absolute Gasteiger partial charge is 0.305 e. The molecule has 0 aromatic carbocycles. The van der Waals surface area contributed by atoms with Crippen LogP contribution in [0.3, 0.4) is 0 Å². The first-order chi connectivity index (χ1) is 15.8. The van der Waals surface area contributed by atoms with Crippen molar-refractivity contribution in [1.29, 1.82) is 0 Å². The molecule has 6 aliphatic rings. The maximum absolute atomic E-state index is 12.2. The van der Waals surface area contributed by atoms with Gasteiger partial charge >= 0.3 is 5.97 Å². The molecule has 5 heteroatoms. The first-order valence-corrected chi connectivity index (χ1v) is 13.8. The van der Waals surface area contributed by atoms with Gasteiger partial charge in [-0.25, -0.2) is 0 Å². The third kappa shape index (κ3) is 2.13. The predicted octanol–water partition coefficient (Wildman–Crippen LogP) is 5.54. The van der Waals surface area contributed by atoms with Gasteiger partial charge in [-0.1, -0.05) is 41.5 Å². The van der Waals surface area contributed by atoms with E-state index in [0.29, 0.717) is 23.9 Å². The van der Waals surface area contributed by atoms with Gasteiger partial charge in [0.25, 0.3) is 0 Å². The molecule has 6 rings (SSSR count). The lowest BCUT2D eigenvalue weighted by atomic mass is 9.46. The molecule has 192 valence electrons. The quantitative estimate of drug-likeness (QED) is 0.396. The van der Waals surface area contributed by atoms with Crippen molar-refractivity contribution in [2.75, 3.05) is 14.2 Å². The average molecular weight is 475 g/mol. The van der Waals surface area contributed by atoms with E-state index in [9.17, 15) is 4.79 Å². The minimum Gasteiger partial charge on any atom is -0.469 e. The van der Waals surface area contributed by atoms with Crippen LogP contribution < -0.4 is 0 Å². The molecule has 2 saturated heterocycles. The standard InChI is InChI=1S/C29H46O5/c1-17(14-22(30)32-9)24(6)15-21-29(34-21)25(24,7)12-13-27(28(29)19(3)33-28)16-26(27)11-10-20(31-8)23(4,5)18(26)2/h17-21H,10-16H2,1-9H3/t17-,18+,19?,20-,21?,24+,25-,26-,27-,28?,29?/m1/s1. The average Bonchev–Trinajstić information content (AvgIpc) is 3.71. The van der Waals surface area contributed by atoms with Crippen molar-refractivity contribution < 1.29 is 23.7 Å². The molecule has 4 aliphatic carbocycles. The van der Waals surface area contributed by atoms with E-state index in [4.69, 9.17) is 18.9 Å². The van der Waals surface area contributed by atoms with Crippen LogP contribution in [-0.2, 0) is 23.7 Å². The fourth-order valence-corrected chi connectivity index (χ4v) is 11.2. The number of epoxide rings is 2. The first-order valence-electron chi connectivity index (χ1n) is 13.8. The summed E-state index contributed by atoms with van der Waals surface area (Å²) in [5, 5.41) is 0. The minimum absolute atomic E-state index is 0.000379. The molecular formula is C29H46O5. The third-order valence-corrected chi connectivity index (χ3v) is 13.8. The SMILES string of the molecule is COC(=O)C[C@@H](C)[C@]1(C)CC2OC23C2(OC2C)[C@]2(CC[C@@]31C)C[C@@]21CC[C@@H](OC)C(C)(C)[C@@H]1C. The van der Waals surface area contributed by atoms with E-state index in [-0.39, 0.29) is 57.0 Å². The molecule has 6 fully saturated rings. The number of hydrogen-bond acceptors (Lipinski definition) is 5. The molecular weight excluding hydrogens is 428 g/mol. The summed E-state index contributed by atoms with van der Waals surface area (Å²) in [6, 6.07) is 0. The van der Waals surface area contributed by atoms with E-state index >= 15 is 0 Å². The van der Waals surface area contributed by atoms with Crippen LogP contribution in [0, 0.1) is 38.9 Å². The van der Waals surface area contributed by atoms with E-state index < -0.39 is 0 Å². The molecule has 2 heterocycles. The van der Waals surface area contributed by atoms with Gasteiger partial charge in [0, 0.05) is 24.4 Å². The zero-order valence-corrected chi connectivity index (χ0v) is 22.9. The Morgan fingerprint density at radius 3 is 2.29 bits per heavy atom. The summed E-state index contributed by atoms with van der Waals surface area (Å²) < 4.78 is 24.8. The molecule has 4 spiro atoms. The van der Waals surface area contributed by atoms with Crippen LogP contribution in [-0.4, -0.2) is 49.7 Å². The largest absolute Gasteiger partial charge is 0.469 e. The van der Waals surface area contributed by atoms with Crippen molar-refractivity contribution in [1.82, 2.24) is 0 Å². The molecule has 5 nitrogen and oxygen atoms in total. The normalized spacial score (nSPS) is 59.0. The summed E-state index contributed by atoms with van der Waals surface area (Å²) in [6.07, 6.45) is 8.34. The second-order valence-corrected chi connectivity index (χ2v) is 14.2. The molecule has 4 saturated carbocycles. The number of fused-ring (bicyclic) bond motifs is 2. The van der Waals surface area contributed by atoms with Gasteiger partial charge in [-0.2, -0.15) is 0 Å². The Kier molecular flexibility index (Phi) is 4.48. The molecule has 0 amide bonds. The number of rotatable bonds is 4. The van der Waals surface area contributed by atoms with Crippen LogP contribution in [0.15, 0.2) is 0 Å². The molecule has 2 aliphatic heterocycles. The molecule has 11 atom stereocenters. The van der Waals surface area contributed by atoms with Gasteiger partial charge < -0.3 is 18.9 Å². The van der Waals surface area contributed by atoms with E-state index in [1.165, 1.54) is 26.4 Å². The highest BCUT2D eigenvalue weighted by Crippen LogP contribution is 2.94. The number of carbonyl (C=O) groups is 1. The topological polar surface area (TPSA) is 60.6 Å². The van der Waals surface area contributed by atoms with Crippen molar-refractivity contribution in [3.8, 4) is 0 Å². The van der Waals surface area contributed by atoms with Crippen LogP contribution in [0.5, 0.6) is 0 Å². The number of esters is 1. The summed E-state index contributed by atoms with van der Waals surface area (Å²) in [5.41, 5.74) is 0.328. The molecule has 0 bridgehead atoms. The fraction of sp³-hybridized carbons (Fsp3) is 0.966. The Bertz CT molecular complexity index is 931. The Morgan fingerprint density at radius 2 is 1.71 bits per heavy atom. The van der Waals surface area contributed by atoms with Gasteiger partial charge in [0.15, 0.2) is 0 Å². The predicted molar refractivity (Wildman–Crippen MR) is 129 cm³/mol. The maximum atomic E-state index is 12.2. The van der Waals surface area contributed by atoms with Crippen molar-refractivity contribution in [2.45, 2.75) is 123 Å². The number of methoxy groups -OCH3 is 2. The Labute approximate surface area is 206 Å². The highest BCUT2D eigenvalue weighted by Gasteiger charge is 3.00. The van der Waals surface area contributed by atoms with Crippen LogP contribution in [0.4, 0.5) is 0 Å². The van der Waals surface area contributed by atoms with E-state index in [1.54, 1.807) is 0 Å². The highest BCUT2D eigenvalue weighted by molar-refractivity contribution is 5.69. The Hall–Kier alpha value is -0.650. The summed E-state index contributed by atoms with van der Waals surface area (Å²) in [7, 11) is 3.39. The zero-order chi connectivity index (χ0) is 24.7. The first kappa shape index (κ1) is 23.7. The third-order valence-electron chi connectivity index (χ3n) is 13.8. The molecule has 0 radical (unpaired) electrons. The number of hydrogen-bond donors (Lipinski definition) is 0. The summed E-state index contributed by atoms with van der Waals surface area (Å²) in [6.45, 7) is 16.8. The monoisotopic (exact) mass is 474 g/mol. The van der Waals surface area contributed by atoms with Crippen LogP contribution >= 0.6 is 0 Å².